The van der Waals surface area contributed by atoms with E-state index >= 15 is 0 Å². The van der Waals surface area contributed by atoms with E-state index in [-0.39, 0.29) is 5.41 Å². The highest BCUT2D eigenvalue weighted by Gasteiger charge is 2.33. The predicted octanol–water partition coefficient (Wildman–Crippen LogP) is 2.71. The van der Waals surface area contributed by atoms with Gasteiger partial charge in [-0.05, 0) is 38.5 Å². The van der Waals surface area contributed by atoms with E-state index in [9.17, 15) is 5.11 Å². The van der Waals surface area contributed by atoms with Gasteiger partial charge in [0.05, 0.1) is 0 Å². The summed E-state index contributed by atoms with van der Waals surface area (Å²) in [6, 6.07) is 0.645. The Bertz CT molecular complexity index is 205. The molecule has 0 aliphatic heterocycles. The Labute approximate surface area is 99.8 Å². The van der Waals surface area contributed by atoms with Gasteiger partial charge in [0.15, 0.2) is 0 Å². The lowest BCUT2D eigenvalue weighted by atomic mass is 9.86. The van der Waals surface area contributed by atoms with Crippen molar-refractivity contribution in [2.24, 2.45) is 11.3 Å². The van der Waals surface area contributed by atoms with Crippen LogP contribution in [0.3, 0.4) is 0 Å². The van der Waals surface area contributed by atoms with E-state index < -0.39 is 0 Å². The molecule has 0 aromatic carbocycles. The molecule has 16 heavy (non-hydrogen) atoms. The van der Waals surface area contributed by atoms with Crippen LogP contribution in [0.4, 0.5) is 0 Å². The first-order chi connectivity index (χ1) is 7.76. The second kappa shape index (κ2) is 5.50. The minimum atomic E-state index is 0.215. The summed E-state index contributed by atoms with van der Waals surface area (Å²) < 4.78 is 0. The zero-order valence-corrected chi connectivity index (χ0v) is 10.7. The molecule has 2 aliphatic rings. The second-order valence-electron chi connectivity index (χ2n) is 6.08. The summed E-state index contributed by atoms with van der Waals surface area (Å²) in [5.41, 5.74) is 0.215. The standard InChI is InChI=1S/C14H27NO/c1-12(13-6-2-3-7-13)15-10-14(11-16)8-4-5-9-14/h12-13,15-16H,2-11H2,1H3. The highest BCUT2D eigenvalue weighted by atomic mass is 16.3. The van der Waals surface area contributed by atoms with Crippen molar-refractivity contribution < 1.29 is 5.11 Å². The number of rotatable bonds is 5. The highest BCUT2D eigenvalue weighted by molar-refractivity contribution is 4.88. The van der Waals surface area contributed by atoms with Crippen molar-refractivity contribution in [3.63, 3.8) is 0 Å². The number of hydrogen-bond donors (Lipinski definition) is 2. The lowest BCUT2D eigenvalue weighted by Gasteiger charge is -2.30. The van der Waals surface area contributed by atoms with E-state index in [0.29, 0.717) is 12.6 Å². The van der Waals surface area contributed by atoms with Gasteiger partial charge in [0.25, 0.3) is 0 Å². The van der Waals surface area contributed by atoms with Crippen LogP contribution in [0.15, 0.2) is 0 Å². The van der Waals surface area contributed by atoms with Crippen molar-refractivity contribution in [1.82, 2.24) is 5.32 Å². The lowest BCUT2D eigenvalue weighted by molar-refractivity contribution is 0.122. The highest BCUT2D eigenvalue weighted by Crippen LogP contribution is 2.37. The zero-order chi connectivity index (χ0) is 11.4. The first-order valence-corrected chi connectivity index (χ1v) is 7.10. The first-order valence-electron chi connectivity index (χ1n) is 7.10. The summed E-state index contributed by atoms with van der Waals surface area (Å²) in [6.45, 7) is 3.73. The van der Waals surface area contributed by atoms with Crippen LogP contribution in [-0.2, 0) is 0 Å². The van der Waals surface area contributed by atoms with E-state index in [4.69, 9.17) is 0 Å². The summed E-state index contributed by atoms with van der Waals surface area (Å²) in [6.07, 6.45) is 10.7. The van der Waals surface area contributed by atoms with Gasteiger partial charge in [-0.3, -0.25) is 0 Å². The van der Waals surface area contributed by atoms with Crippen molar-refractivity contribution in [2.45, 2.75) is 64.3 Å². The lowest BCUT2D eigenvalue weighted by Crippen LogP contribution is -2.41. The Morgan fingerprint density at radius 1 is 1.19 bits per heavy atom. The molecule has 0 amide bonds. The molecule has 0 aromatic heterocycles. The second-order valence-corrected chi connectivity index (χ2v) is 6.08. The van der Waals surface area contributed by atoms with E-state index in [1.54, 1.807) is 0 Å². The molecular weight excluding hydrogens is 198 g/mol. The molecule has 2 N–H and O–H groups in total. The first kappa shape index (κ1) is 12.4. The Hall–Kier alpha value is -0.0800. The van der Waals surface area contributed by atoms with Crippen LogP contribution in [-0.4, -0.2) is 24.3 Å². The Balaban J connectivity index is 1.76. The molecule has 0 radical (unpaired) electrons. The minimum Gasteiger partial charge on any atom is -0.396 e. The van der Waals surface area contributed by atoms with E-state index in [1.807, 2.05) is 0 Å². The average Bonchev–Trinajstić information content (AvgIpc) is 2.98. The van der Waals surface area contributed by atoms with Crippen LogP contribution in [0.25, 0.3) is 0 Å². The van der Waals surface area contributed by atoms with Gasteiger partial charge in [-0.25, -0.2) is 0 Å². The summed E-state index contributed by atoms with van der Waals surface area (Å²) >= 11 is 0. The van der Waals surface area contributed by atoms with Gasteiger partial charge in [0.1, 0.15) is 0 Å². The largest absolute Gasteiger partial charge is 0.396 e. The van der Waals surface area contributed by atoms with Crippen LogP contribution in [0, 0.1) is 11.3 Å². The van der Waals surface area contributed by atoms with Gasteiger partial charge in [0, 0.05) is 24.6 Å². The van der Waals surface area contributed by atoms with E-state index in [1.165, 1.54) is 51.4 Å². The van der Waals surface area contributed by atoms with Crippen molar-refractivity contribution in [1.29, 1.82) is 0 Å². The fraction of sp³-hybridized carbons (Fsp3) is 1.00. The van der Waals surface area contributed by atoms with Crippen LogP contribution >= 0.6 is 0 Å². The molecule has 0 heterocycles. The number of aliphatic hydroxyl groups is 1. The van der Waals surface area contributed by atoms with Crippen molar-refractivity contribution in [2.75, 3.05) is 13.2 Å². The molecule has 1 atom stereocenters. The molecule has 2 nitrogen and oxygen atoms in total. The summed E-state index contributed by atoms with van der Waals surface area (Å²) in [5, 5.41) is 13.3. The molecule has 2 saturated carbocycles. The van der Waals surface area contributed by atoms with E-state index in [2.05, 4.69) is 12.2 Å². The smallest absolute Gasteiger partial charge is 0.0499 e. The normalized spacial score (nSPS) is 27.4. The van der Waals surface area contributed by atoms with Crippen LogP contribution in [0.5, 0.6) is 0 Å². The maximum absolute atomic E-state index is 9.55. The van der Waals surface area contributed by atoms with Gasteiger partial charge >= 0.3 is 0 Å². The SMILES string of the molecule is CC(NCC1(CO)CCCC1)C1CCCC1. The fourth-order valence-electron chi connectivity index (χ4n) is 3.52. The summed E-state index contributed by atoms with van der Waals surface area (Å²) in [7, 11) is 0. The molecule has 2 heteroatoms. The number of hydrogen-bond acceptors (Lipinski definition) is 2. The molecule has 2 fully saturated rings. The van der Waals surface area contributed by atoms with Gasteiger partial charge in [0.2, 0.25) is 0 Å². The number of aliphatic hydroxyl groups excluding tert-OH is 1. The molecule has 0 bridgehead atoms. The van der Waals surface area contributed by atoms with Crippen molar-refractivity contribution in [3.8, 4) is 0 Å². The molecule has 94 valence electrons. The minimum absolute atomic E-state index is 0.215. The molecule has 1 unspecified atom stereocenters. The van der Waals surface area contributed by atoms with Gasteiger partial charge in [-0.2, -0.15) is 0 Å². The molecular formula is C14H27NO. The zero-order valence-electron chi connectivity index (χ0n) is 10.7. The van der Waals surface area contributed by atoms with Crippen LogP contribution in [0.1, 0.15) is 58.3 Å². The van der Waals surface area contributed by atoms with Gasteiger partial charge < -0.3 is 10.4 Å². The summed E-state index contributed by atoms with van der Waals surface area (Å²) in [5.74, 6) is 0.886. The fourth-order valence-corrected chi connectivity index (χ4v) is 3.52. The average molecular weight is 225 g/mol. The predicted molar refractivity (Wildman–Crippen MR) is 67.4 cm³/mol. The summed E-state index contributed by atoms with van der Waals surface area (Å²) in [4.78, 5) is 0. The maximum Gasteiger partial charge on any atom is 0.0499 e. The van der Waals surface area contributed by atoms with Crippen molar-refractivity contribution in [3.05, 3.63) is 0 Å². The van der Waals surface area contributed by atoms with Crippen molar-refractivity contribution >= 4 is 0 Å². The quantitative estimate of drug-likeness (QED) is 0.754. The Morgan fingerprint density at radius 2 is 1.81 bits per heavy atom. The molecule has 2 rings (SSSR count). The third kappa shape index (κ3) is 2.78. The van der Waals surface area contributed by atoms with Gasteiger partial charge in [-0.15, -0.1) is 0 Å². The Morgan fingerprint density at radius 3 is 2.38 bits per heavy atom. The van der Waals surface area contributed by atoms with E-state index in [0.717, 1.165) is 12.5 Å². The molecule has 0 aromatic rings. The third-order valence-electron chi connectivity index (χ3n) is 4.91. The monoisotopic (exact) mass is 225 g/mol. The topological polar surface area (TPSA) is 32.3 Å². The number of nitrogens with one attached hydrogen (secondary N) is 1. The maximum atomic E-state index is 9.55. The Kier molecular flexibility index (Phi) is 4.26. The molecule has 0 spiro atoms. The van der Waals surface area contributed by atoms with Gasteiger partial charge in [-0.1, -0.05) is 25.7 Å². The molecule has 0 saturated heterocycles. The van der Waals surface area contributed by atoms with Crippen LogP contribution < -0.4 is 5.32 Å². The van der Waals surface area contributed by atoms with Crippen LogP contribution in [0.2, 0.25) is 0 Å². The molecule has 2 aliphatic carbocycles. The third-order valence-corrected chi connectivity index (χ3v) is 4.91.